The van der Waals surface area contributed by atoms with Crippen molar-refractivity contribution in [3.8, 4) is 0 Å². The van der Waals surface area contributed by atoms with Crippen LogP contribution in [-0.2, 0) is 4.79 Å². The molecule has 0 bridgehead atoms. The van der Waals surface area contributed by atoms with E-state index in [1.165, 1.54) is 0 Å². The molecule has 1 aromatic rings. The summed E-state index contributed by atoms with van der Waals surface area (Å²) < 4.78 is 0. The van der Waals surface area contributed by atoms with Gasteiger partial charge in [0.05, 0.1) is 5.41 Å². The molecule has 1 aliphatic rings. The van der Waals surface area contributed by atoms with E-state index in [1.54, 1.807) is 0 Å². The third kappa shape index (κ3) is 2.20. The van der Waals surface area contributed by atoms with Crippen LogP contribution >= 0.6 is 0 Å². The van der Waals surface area contributed by atoms with Crippen molar-refractivity contribution in [2.45, 2.75) is 33.1 Å². The second-order valence-corrected chi connectivity index (χ2v) is 5.11. The van der Waals surface area contributed by atoms with Crippen molar-refractivity contribution in [3.05, 3.63) is 29.3 Å². The Morgan fingerprint density at radius 3 is 2.65 bits per heavy atom. The molecule has 2 rings (SSSR count). The largest absolute Gasteiger partial charge is 0.329 e. The molecule has 0 radical (unpaired) electrons. The quantitative estimate of drug-likeness (QED) is 0.840. The lowest BCUT2D eigenvalue weighted by Crippen LogP contribution is -2.47. The number of hydrogen-bond donors (Lipinski definition) is 2. The van der Waals surface area contributed by atoms with E-state index in [9.17, 15) is 4.79 Å². The van der Waals surface area contributed by atoms with E-state index in [4.69, 9.17) is 5.73 Å². The zero-order valence-electron chi connectivity index (χ0n) is 10.5. The van der Waals surface area contributed by atoms with Gasteiger partial charge < -0.3 is 11.1 Å². The van der Waals surface area contributed by atoms with Crippen LogP contribution in [0.2, 0.25) is 0 Å². The van der Waals surface area contributed by atoms with Gasteiger partial charge in [0.2, 0.25) is 5.91 Å². The monoisotopic (exact) mass is 232 g/mol. The molecule has 3 nitrogen and oxygen atoms in total. The number of hydrogen-bond acceptors (Lipinski definition) is 2. The van der Waals surface area contributed by atoms with Gasteiger partial charge in [-0.25, -0.2) is 0 Å². The van der Waals surface area contributed by atoms with Crippen molar-refractivity contribution < 1.29 is 4.79 Å². The lowest BCUT2D eigenvalue weighted by atomic mass is 9.68. The van der Waals surface area contributed by atoms with E-state index in [2.05, 4.69) is 5.32 Å². The Bertz CT molecular complexity index is 430. The Labute approximate surface area is 102 Å². The fraction of sp³-hybridized carbons (Fsp3) is 0.500. The molecule has 1 amide bonds. The van der Waals surface area contributed by atoms with Crippen molar-refractivity contribution >= 4 is 11.6 Å². The number of anilines is 1. The highest BCUT2D eigenvalue weighted by molar-refractivity contribution is 5.96. The van der Waals surface area contributed by atoms with Crippen molar-refractivity contribution in [2.75, 3.05) is 11.9 Å². The first-order chi connectivity index (χ1) is 8.07. The molecule has 0 saturated heterocycles. The third-order valence-corrected chi connectivity index (χ3v) is 3.82. The van der Waals surface area contributed by atoms with E-state index in [0.717, 1.165) is 36.1 Å². The van der Waals surface area contributed by atoms with Crippen LogP contribution in [0, 0.1) is 19.3 Å². The summed E-state index contributed by atoms with van der Waals surface area (Å²) in [6.45, 7) is 4.48. The number of nitrogens with two attached hydrogens (primary N) is 1. The van der Waals surface area contributed by atoms with Crippen LogP contribution in [0.15, 0.2) is 18.2 Å². The summed E-state index contributed by atoms with van der Waals surface area (Å²) >= 11 is 0. The van der Waals surface area contributed by atoms with Crippen LogP contribution in [-0.4, -0.2) is 12.5 Å². The van der Waals surface area contributed by atoms with Gasteiger partial charge in [-0.3, -0.25) is 4.79 Å². The smallest absolute Gasteiger partial charge is 0.231 e. The SMILES string of the molecule is Cc1ccc(C)c(NC(=O)C2(CN)CCC2)c1. The van der Waals surface area contributed by atoms with Crippen molar-refractivity contribution in [2.24, 2.45) is 11.1 Å². The number of amides is 1. The second-order valence-electron chi connectivity index (χ2n) is 5.11. The van der Waals surface area contributed by atoms with Crippen LogP contribution in [0.5, 0.6) is 0 Å². The molecule has 0 spiro atoms. The number of carbonyl (C=O) groups excluding carboxylic acids is 1. The minimum Gasteiger partial charge on any atom is -0.329 e. The maximum absolute atomic E-state index is 12.2. The molecule has 92 valence electrons. The average molecular weight is 232 g/mol. The molecule has 3 heteroatoms. The highest BCUT2D eigenvalue weighted by Gasteiger charge is 2.42. The van der Waals surface area contributed by atoms with Crippen molar-refractivity contribution in [1.82, 2.24) is 0 Å². The zero-order chi connectivity index (χ0) is 12.5. The van der Waals surface area contributed by atoms with Crippen LogP contribution < -0.4 is 11.1 Å². The van der Waals surface area contributed by atoms with E-state index in [1.807, 2.05) is 32.0 Å². The molecule has 0 atom stereocenters. The highest BCUT2D eigenvalue weighted by Crippen LogP contribution is 2.41. The first-order valence-corrected chi connectivity index (χ1v) is 6.16. The maximum Gasteiger partial charge on any atom is 0.231 e. The van der Waals surface area contributed by atoms with E-state index in [0.29, 0.717) is 6.54 Å². The fourth-order valence-corrected chi connectivity index (χ4v) is 2.25. The number of carbonyl (C=O) groups is 1. The van der Waals surface area contributed by atoms with Crippen LogP contribution in [0.25, 0.3) is 0 Å². The summed E-state index contributed by atoms with van der Waals surface area (Å²) in [5, 5.41) is 3.03. The summed E-state index contributed by atoms with van der Waals surface area (Å²) in [6.07, 6.45) is 2.94. The van der Waals surface area contributed by atoms with Crippen molar-refractivity contribution in [3.63, 3.8) is 0 Å². The summed E-state index contributed by atoms with van der Waals surface area (Å²) in [4.78, 5) is 12.2. The zero-order valence-corrected chi connectivity index (χ0v) is 10.5. The first-order valence-electron chi connectivity index (χ1n) is 6.16. The molecule has 1 aliphatic carbocycles. The van der Waals surface area contributed by atoms with Crippen LogP contribution in [0.1, 0.15) is 30.4 Å². The Balaban J connectivity index is 2.15. The van der Waals surface area contributed by atoms with Gasteiger partial charge >= 0.3 is 0 Å². The summed E-state index contributed by atoms with van der Waals surface area (Å²) in [7, 11) is 0. The minimum atomic E-state index is -0.309. The molecule has 0 aliphatic heterocycles. The van der Waals surface area contributed by atoms with E-state index in [-0.39, 0.29) is 11.3 Å². The first kappa shape index (κ1) is 12.1. The standard InChI is InChI=1S/C14H20N2O/c1-10-4-5-11(2)12(8-10)16-13(17)14(9-15)6-3-7-14/h4-5,8H,3,6-7,9,15H2,1-2H3,(H,16,17). The Hall–Kier alpha value is -1.35. The molecule has 0 unspecified atom stereocenters. The number of benzene rings is 1. The number of nitrogens with one attached hydrogen (secondary N) is 1. The molecule has 1 saturated carbocycles. The highest BCUT2D eigenvalue weighted by atomic mass is 16.2. The van der Waals surface area contributed by atoms with Crippen molar-refractivity contribution in [1.29, 1.82) is 0 Å². The second kappa shape index (κ2) is 4.49. The molecular formula is C14H20N2O. The van der Waals surface area contributed by atoms with Gasteiger partial charge in [-0.05, 0) is 43.9 Å². The van der Waals surface area contributed by atoms with E-state index < -0.39 is 0 Å². The Morgan fingerprint density at radius 2 is 2.12 bits per heavy atom. The predicted octanol–water partition coefficient (Wildman–Crippen LogP) is 2.37. The fourth-order valence-electron chi connectivity index (χ4n) is 2.25. The van der Waals surface area contributed by atoms with Gasteiger partial charge in [0.25, 0.3) is 0 Å². The number of aryl methyl sites for hydroxylation is 2. The molecule has 0 aromatic heterocycles. The molecule has 0 heterocycles. The molecule has 1 fully saturated rings. The van der Waals surface area contributed by atoms with Crippen LogP contribution in [0.3, 0.4) is 0 Å². The molecule has 1 aromatic carbocycles. The third-order valence-electron chi connectivity index (χ3n) is 3.82. The van der Waals surface area contributed by atoms with Crippen LogP contribution in [0.4, 0.5) is 5.69 Å². The van der Waals surface area contributed by atoms with Gasteiger partial charge in [0.1, 0.15) is 0 Å². The normalized spacial score (nSPS) is 17.4. The van der Waals surface area contributed by atoms with Gasteiger partial charge in [0, 0.05) is 12.2 Å². The summed E-state index contributed by atoms with van der Waals surface area (Å²) in [5.41, 5.74) is 8.58. The Kier molecular flexibility index (Phi) is 3.20. The summed E-state index contributed by atoms with van der Waals surface area (Å²) in [5.74, 6) is 0.0833. The minimum absolute atomic E-state index is 0.0833. The van der Waals surface area contributed by atoms with E-state index >= 15 is 0 Å². The van der Waals surface area contributed by atoms with Gasteiger partial charge in [-0.15, -0.1) is 0 Å². The maximum atomic E-state index is 12.2. The van der Waals surface area contributed by atoms with Gasteiger partial charge in [-0.1, -0.05) is 18.6 Å². The van der Waals surface area contributed by atoms with Gasteiger partial charge in [0.15, 0.2) is 0 Å². The van der Waals surface area contributed by atoms with Gasteiger partial charge in [-0.2, -0.15) is 0 Å². The lowest BCUT2D eigenvalue weighted by Gasteiger charge is -2.39. The lowest BCUT2D eigenvalue weighted by molar-refractivity contribution is -0.129. The molecule has 3 N–H and O–H groups in total. The average Bonchev–Trinajstić information content (AvgIpc) is 2.23. The summed E-state index contributed by atoms with van der Waals surface area (Å²) in [6, 6.07) is 6.09. The predicted molar refractivity (Wildman–Crippen MR) is 69.9 cm³/mol. The Morgan fingerprint density at radius 1 is 1.41 bits per heavy atom. The topological polar surface area (TPSA) is 55.1 Å². The molecular weight excluding hydrogens is 212 g/mol. The molecule has 17 heavy (non-hydrogen) atoms. The number of rotatable bonds is 3.